The number of methoxy groups -OCH3 is 2. The molecule has 1 amide bonds. The van der Waals surface area contributed by atoms with Crippen molar-refractivity contribution in [3.8, 4) is 11.5 Å². The molecule has 0 bridgehead atoms. The van der Waals surface area contributed by atoms with Gasteiger partial charge in [0.2, 0.25) is 5.91 Å². The monoisotopic (exact) mass is 347 g/mol. The van der Waals surface area contributed by atoms with Gasteiger partial charge in [0.15, 0.2) is 11.5 Å². The molecule has 1 saturated carbocycles. The van der Waals surface area contributed by atoms with Crippen molar-refractivity contribution >= 4 is 12.0 Å². The van der Waals surface area contributed by atoms with Gasteiger partial charge in [-0.1, -0.05) is 25.3 Å². The highest BCUT2D eigenvalue weighted by Crippen LogP contribution is 2.27. The number of nitrogens with one attached hydrogen (secondary N) is 1. The van der Waals surface area contributed by atoms with Crippen LogP contribution in [0.25, 0.3) is 6.08 Å². The number of carbonyl (C=O) groups is 1. The SMILES string of the molecule is COc1ccc(C=CC(=O)NCCCOC2CCCCC2)cc1OC. The van der Waals surface area contributed by atoms with Crippen molar-refractivity contribution in [3.05, 3.63) is 29.8 Å². The molecule has 0 unspecified atom stereocenters. The van der Waals surface area contributed by atoms with Gasteiger partial charge < -0.3 is 19.5 Å². The van der Waals surface area contributed by atoms with E-state index in [0.29, 0.717) is 30.8 Å². The van der Waals surface area contributed by atoms with Crippen molar-refractivity contribution in [3.63, 3.8) is 0 Å². The zero-order valence-corrected chi connectivity index (χ0v) is 15.3. The van der Waals surface area contributed by atoms with Crippen molar-refractivity contribution in [2.75, 3.05) is 27.4 Å². The second-order valence-electron chi connectivity index (χ2n) is 6.22. The second-order valence-corrected chi connectivity index (χ2v) is 6.22. The van der Waals surface area contributed by atoms with Crippen molar-refractivity contribution in [1.29, 1.82) is 0 Å². The highest BCUT2D eigenvalue weighted by Gasteiger charge is 2.12. The van der Waals surface area contributed by atoms with Gasteiger partial charge in [0.1, 0.15) is 0 Å². The largest absolute Gasteiger partial charge is 0.493 e. The lowest BCUT2D eigenvalue weighted by molar-refractivity contribution is -0.116. The third kappa shape index (κ3) is 6.78. The molecule has 0 saturated heterocycles. The topological polar surface area (TPSA) is 56.8 Å². The molecule has 0 atom stereocenters. The molecule has 1 aromatic rings. The smallest absolute Gasteiger partial charge is 0.244 e. The van der Waals surface area contributed by atoms with Crippen LogP contribution in [-0.4, -0.2) is 39.4 Å². The molecule has 5 heteroatoms. The highest BCUT2D eigenvalue weighted by atomic mass is 16.5. The van der Waals surface area contributed by atoms with E-state index in [2.05, 4.69) is 5.32 Å². The average molecular weight is 347 g/mol. The van der Waals surface area contributed by atoms with E-state index in [1.807, 2.05) is 18.2 Å². The van der Waals surface area contributed by atoms with Gasteiger partial charge in [-0.2, -0.15) is 0 Å². The molecule has 1 fully saturated rings. The van der Waals surface area contributed by atoms with E-state index in [9.17, 15) is 4.79 Å². The fourth-order valence-corrected chi connectivity index (χ4v) is 2.95. The molecule has 0 radical (unpaired) electrons. The Kier molecular flexibility index (Phi) is 8.32. The Morgan fingerprint density at radius 3 is 2.64 bits per heavy atom. The predicted molar refractivity (Wildman–Crippen MR) is 99.0 cm³/mol. The van der Waals surface area contributed by atoms with Crippen LogP contribution in [0.4, 0.5) is 0 Å². The van der Waals surface area contributed by atoms with Crippen molar-refractivity contribution in [1.82, 2.24) is 5.32 Å². The Morgan fingerprint density at radius 1 is 1.16 bits per heavy atom. The number of amides is 1. The minimum Gasteiger partial charge on any atom is -0.493 e. The first-order chi connectivity index (χ1) is 12.2. The maximum atomic E-state index is 11.9. The minimum atomic E-state index is -0.104. The summed E-state index contributed by atoms with van der Waals surface area (Å²) >= 11 is 0. The summed E-state index contributed by atoms with van der Waals surface area (Å²) in [6, 6.07) is 5.53. The van der Waals surface area contributed by atoms with Crippen molar-refractivity contribution in [2.45, 2.75) is 44.6 Å². The summed E-state index contributed by atoms with van der Waals surface area (Å²) in [6.45, 7) is 1.34. The number of rotatable bonds is 9. The van der Waals surface area contributed by atoms with Crippen molar-refractivity contribution in [2.24, 2.45) is 0 Å². The van der Waals surface area contributed by atoms with Gasteiger partial charge in [0.25, 0.3) is 0 Å². The molecule has 25 heavy (non-hydrogen) atoms. The summed E-state index contributed by atoms with van der Waals surface area (Å²) in [5.74, 6) is 1.21. The minimum absolute atomic E-state index is 0.104. The number of benzene rings is 1. The molecule has 138 valence electrons. The summed E-state index contributed by atoms with van der Waals surface area (Å²) < 4.78 is 16.3. The first kappa shape index (κ1) is 19.3. The standard InChI is InChI=1S/C20H29NO4/c1-23-18-11-9-16(15-19(18)24-2)10-12-20(22)21-13-6-14-25-17-7-4-3-5-8-17/h9-12,15,17H,3-8,13-14H2,1-2H3,(H,21,22). The third-order valence-electron chi connectivity index (χ3n) is 4.36. The zero-order chi connectivity index (χ0) is 17.9. The molecule has 0 aliphatic heterocycles. The van der Waals surface area contributed by atoms with E-state index < -0.39 is 0 Å². The number of carbonyl (C=O) groups excluding carboxylic acids is 1. The van der Waals surface area contributed by atoms with E-state index in [1.165, 1.54) is 38.2 Å². The summed E-state index contributed by atoms with van der Waals surface area (Å²) in [6.07, 6.45) is 10.8. The molecule has 1 aliphatic carbocycles. The molecular formula is C20H29NO4. The van der Waals surface area contributed by atoms with Crippen LogP contribution in [0.5, 0.6) is 11.5 Å². The first-order valence-electron chi connectivity index (χ1n) is 9.02. The summed E-state index contributed by atoms with van der Waals surface area (Å²) in [5.41, 5.74) is 0.883. The maximum absolute atomic E-state index is 11.9. The zero-order valence-electron chi connectivity index (χ0n) is 15.3. The quantitative estimate of drug-likeness (QED) is 0.548. The summed E-state index contributed by atoms with van der Waals surface area (Å²) in [5, 5.41) is 2.88. The summed E-state index contributed by atoms with van der Waals surface area (Å²) in [4.78, 5) is 11.9. The van der Waals surface area contributed by atoms with Crippen LogP contribution in [0.3, 0.4) is 0 Å². The van der Waals surface area contributed by atoms with Gasteiger partial charge in [-0.25, -0.2) is 0 Å². The van der Waals surface area contributed by atoms with E-state index in [1.54, 1.807) is 20.3 Å². The molecular weight excluding hydrogens is 318 g/mol. The molecule has 1 aliphatic rings. The second kappa shape index (κ2) is 10.8. The van der Waals surface area contributed by atoms with Crippen LogP contribution in [0.1, 0.15) is 44.1 Å². The van der Waals surface area contributed by atoms with E-state index in [4.69, 9.17) is 14.2 Å². The fourth-order valence-electron chi connectivity index (χ4n) is 2.95. The Morgan fingerprint density at radius 2 is 1.92 bits per heavy atom. The van der Waals surface area contributed by atoms with Crippen molar-refractivity contribution < 1.29 is 19.0 Å². The van der Waals surface area contributed by atoms with Gasteiger partial charge in [-0.3, -0.25) is 4.79 Å². The summed E-state index contributed by atoms with van der Waals surface area (Å²) in [7, 11) is 3.19. The maximum Gasteiger partial charge on any atom is 0.244 e. The Labute approximate surface area is 150 Å². The van der Waals surface area contributed by atoms with Crippen LogP contribution in [0.15, 0.2) is 24.3 Å². The number of ether oxygens (including phenoxy) is 3. The molecule has 1 aromatic carbocycles. The van der Waals surface area contributed by atoms with Gasteiger partial charge in [-0.05, 0) is 43.0 Å². The molecule has 0 spiro atoms. The lowest BCUT2D eigenvalue weighted by Gasteiger charge is -2.21. The van der Waals surface area contributed by atoms with Gasteiger partial charge >= 0.3 is 0 Å². The predicted octanol–water partition coefficient (Wildman–Crippen LogP) is 3.57. The fraction of sp³-hybridized carbons (Fsp3) is 0.550. The van der Waals surface area contributed by atoms with E-state index in [-0.39, 0.29) is 5.91 Å². The Balaban J connectivity index is 1.66. The van der Waals surface area contributed by atoms with Gasteiger partial charge in [0, 0.05) is 19.2 Å². The molecule has 1 N–H and O–H groups in total. The Hall–Kier alpha value is -2.01. The van der Waals surface area contributed by atoms with E-state index >= 15 is 0 Å². The lowest BCUT2D eigenvalue weighted by Crippen LogP contribution is -2.24. The number of hydrogen-bond acceptors (Lipinski definition) is 4. The normalized spacial score (nSPS) is 15.3. The first-order valence-corrected chi connectivity index (χ1v) is 9.02. The molecule has 2 rings (SSSR count). The average Bonchev–Trinajstić information content (AvgIpc) is 2.66. The van der Waals surface area contributed by atoms with Gasteiger partial charge in [0.05, 0.1) is 20.3 Å². The third-order valence-corrected chi connectivity index (χ3v) is 4.36. The van der Waals surface area contributed by atoms with Crippen LogP contribution in [0, 0.1) is 0 Å². The van der Waals surface area contributed by atoms with Crippen LogP contribution < -0.4 is 14.8 Å². The highest BCUT2D eigenvalue weighted by molar-refractivity contribution is 5.91. The van der Waals surface area contributed by atoms with E-state index in [0.717, 1.165) is 12.0 Å². The van der Waals surface area contributed by atoms with Crippen LogP contribution >= 0.6 is 0 Å². The molecule has 5 nitrogen and oxygen atoms in total. The number of hydrogen-bond donors (Lipinski definition) is 1. The van der Waals surface area contributed by atoms with Crippen LogP contribution in [-0.2, 0) is 9.53 Å². The Bertz CT molecular complexity index is 565. The molecule has 0 aromatic heterocycles. The lowest BCUT2D eigenvalue weighted by atomic mass is 9.98. The molecule has 0 heterocycles. The van der Waals surface area contributed by atoms with Gasteiger partial charge in [-0.15, -0.1) is 0 Å². The van der Waals surface area contributed by atoms with Crippen LogP contribution in [0.2, 0.25) is 0 Å².